The summed E-state index contributed by atoms with van der Waals surface area (Å²) in [5.41, 5.74) is 7.69. The van der Waals surface area contributed by atoms with Gasteiger partial charge in [0, 0.05) is 28.3 Å². The number of fused-ring (bicyclic) bond motifs is 3. The fourth-order valence-corrected chi connectivity index (χ4v) is 3.73. The highest BCUT2D eigenvalue weighted by Crippen LogP contribution is 2.32. The van der Waals surface area contributed by atoms with Crippen molar-refractivity contribution in [1.29, 1.82) is 0 Å². The number of benzene rings is 1. The maximum Gasteiger partial charge on any atom is 0.104 e. The van der Waals surface area contributed by atoms with Gasteiger partial charge in [-0.05, 0) is 66.0 Å². The molecule has 0 spiro atoms. The zero-order chi connectivity index (χ0) is 13.4. The summed E-state index contributed by atoms with van der Waals surface area (Å²) in [5.74, 6) is 0.812. The Labute approximate surface area is 127 Å². The van der Waals surface area contributed by atoms with Gasteiger partial charge < -0.3 is 16.0 Å². The molecule has 0 saturated carbocycles. The van der Waals surface area contributed by atoms with E-state index in [4.69, 9.17) is 18.0 Å². The van der Waals surface area contributed by atoms with Gasteiger partial charge in [0.1, 0.15) is 4.99 Å². The zero-order valence-electron chi connectivity index (χ0n) is 10.7. The van der Waals surface area contributed by atoms with Crippen molar-refractivity contribution in [1.82, 2.24) is 4.90 Å². The van der Waals surface area contributed by atoms with Crippen molar-refractivity contribution in [3.05, 3.63) is 28.2 Å². The number of hydrogen-bond acceptors (Lipinski definition) is 3. The Morgan fingerprint density at radius 1 is 1.37 bits per heavy atom. The van der Waals surface area contributed by atoms with E-state index in [1.165, 1.54) is 25.9 Å². The first-order valence-electron chi connectivity index (χ1n) is 6.72. The van der Waals surface area contributed by atoms with Crippen LogP contribution in [-0.2, 0) is 0 Å². The Morgan fingerprint density at radius 2 is 2.11 bits per heavy atom. The van der Waals surface area contributed by atoms with Crippen LogP contribution in [-0.4, -0.2) is 35.6 Å². The van der Waals surface area contributed by atoms with Gasteiger partial charge in [-0.2, -0.15) is 0 Å². The summed E-state index contributed by atoms with van der Waals surface area (Å²) in [6.45, 7) is 3.70. The van der Waals surface area contributed by atoms with Crippen molar-refractivity contribution in [2.75, 3.05) is 25.0 Å². The molecule has 19 heavy (non-hydrogen) atoms. The Bertz CT molecular complexity index is 497. The number of anilines is 1. The van der Waals surface area contributed by atoms with E-state index < -0.39 is 0 Å². The van der Waals surface area contributed by atoms with Crippen molar-refractivity contribution in [2.24, 2.45) is 11.7 Å². The zero-order valence-corrected chi connectivity index (χ0v) is 13.1. The van der Waals surface area contributed by atoms with E-state index in [1.807, 2.05) is 12.1 Å². The van der Waals surface area contributed by atoms with Crippen LogP contribution in [0.25, 0.3) is 0 Å². The quantitative estimate of drug-likeness (QED) is 0.830. The van der Waals surface area contributed by atoms with Crippen LogP contribution in [0.4, 0.5) is 5.69 Å². The minimum atomic E-state index is 0.440. The Balaban J connectivity index is 1.75. The van der Waals surface area contributed by atoms with Crippen LogP contribution in [0.3, 0.4) is 0 Å². The normalized spacial score (nSPS) is 29.2. The molecule has 1 unspecified atom stereocenters. The first kappa shape index (κ1) is 13.3. The maximum atomic E-state index is 5.65. The predicted octanol–water partition coefficient (Wildman–Crippen LogP) is 2.59. The van der Waals surface area contributed by atoms with Gasteiger partial charge in [-0.1, -0.05) is 12.2 Å². The third-order valence-electron chi connectivity index (χ3n) is 4.25. The lowest BCUT2D eigenvalue weighted by Crippen LogP contribution is -2.53. The second-order valence-electron chi connectivity index (χ2n) is 5.45. The maximum absolute atomic E-state index is 5.65. The Hall–Kier alpha value is -0.650. The molecule has 0 aliphatic carbocycles. The van der Waals surface area contributed by atoms with Crippen molar-refractivity contribution in [3.8, 4) is 0 Å². The molecule has 3 aliphatic rings. The highest BCUT2D eigenvalue weighted by Gasteiger charge is 2.34. The predicted molar refractivity (Wildman–Crippen MR) is 86.6 cm³/mol. The van der Waals surface area contributed by atoms with E-state index in [1.54, 1.807) is 0 Å². The monoisotopic (exact) mass is 339 g/mol. The van der Waals surface area contributed by atoms with Gasteiger partial charge in [0.25, 0.3) is 0 Å². The molecular formula is C14H18BrN3S. The molecule has 5 heteroatoms. The molecule has 3 aliphatic heterocycles. The number of nitrogens with two attached hydrogens (primary N) is 1. The SMILES string of the molecule is NC(=S)c1ccc(NC2CN3CCC2CC3)c(Br)c1. The number of piperidine rings is 3. The molecular weight excluding hydrogens is 322 g/mol. The number of nitrogens with zero attached hydrogens (tertiary/aromatic N) is 1. The molecule has 1 aromatic carbocycles. The van der Waals surface area contributed by atoms with Crippen LogP contribution < -0.4 is 11.1 Å². The van der Waals surface area contributed by atoms with Crippen LogP contribution in [0.2, 0.25) is 0 Å². The highest BCUT2D eigenvalue weighted by atomic mass is 79.9. The highest BCUT2D eigenvalue weighted by molar-refractivity contribution is 9.10. The third-order valence-corrected chi connectivity index (χ3v) is 5.14. The minimum Gasteiger partial charge on any atom is -0.389 e. The lowest BCUT2D eigenvalue weighted by atomic mass is 9.84. The molecule has 2 bridgehead atoms. The summed E-state index contributed by atoms with van der Waals surface area (Å²) in [6, 6.07) is 6.61. The lowest BCUT2D eigenvalue weighted by Gasteiger charge is -2.45. The Kier molecular flexibility index (Phi) is 3.78. The van der Waals surface area contributed by atoms with Crippen LogP contribution >= 0.6 is 28.1 Å². The fourth-order valence-electron chi connectivity index (χ4n) is 3.11. The van der Waals surface area contributed by atoms with E-state index in [0.29, 0.717) is 11.0 Å². The molecule has 0 amide bonds. The van der Waals surface area contributed by atoms with E-state index in [0.717, 1.165) is 28.2 Å². The third kappa shape index (κ3) is 2.78. The number of hydrogen-bond donors (Lipinski definition) is 2. The van der Waals surface area contributed by atoms with Gasteiger partial charge >= 0.3 is 0 Å². The summed E-state index contributed by atoms with van der Waals surface area (Å²) < 4.78 is 1.04. The second-order valence-corrected chi connectivity index (χ2v) is 6.74. The molecule has 3 nitrogen and oxygen atoms in total. The van der Waals surface area contributed by atoms with E-state index in [2.05, 4.69) is 32.2 Å². The van der Waals surface area contributed by atoms with Crippen LogP contribution in [0.5, 0.6) is 0 Å². The van der Waals surface area contributed by atoms with Gasteiger partial charge in [0.05, 0.1) is 0 Å². The Morgan fingerprint density at radius 3 is 2.63 bits per heavy atom. The van der Waals surface area contributed by atoms with Gasteiger partial charge in [0.15, 0.2) is 0 Å². The topological polar surface area (TPSA) is 41.3 Å². The standard InChI is InChI=1S/C14H18BrN3S/c15-11-7-10(14(16)19)1-2-12(11)17-13-8-18-5-3-9(13)4-6-18/h1-2,7,9,13,17H,3-6,8H2,(H2,16,19). The second kappa shape index (κ2) is 5.38. The van der Waals surface area contributed by atoms with Crippen molar-refractivity contribution in [3.63, 3.8) is 0 Å². The molecule has 3 saturated heterocycles. The summed E-state index contributed by atoms with van der Waals surface area (Å²) in [6.07, 6.45) is 2.64. The number of halogens is 1. The van der Waals surface area contributed by atoms with Gasteiger partial charge in [0.2, 0.25) is 0 Å². The average Bonchev–Trinajstić information content (AvgIpc) is 2.42. The average molecular weight is 340 g/mol. The summed E-state index contributed by atoms with van der Waals surface area (Å²) in [7, 11) is 0. The molecule has 1 aromatic rings. The van der Waals surface area contributed by atoms with E-state index in [-0.39, 0.29) is 0 Å². The smallest absolute Gasteiger partial charge is 0.104 e. The van der Waals surface area contributed by atoms with Crippen molar-refractivity contribution < 1.29 is 0 Å². The number of nitrogens with one attached hydrogen (secondary N) is 1. The van der Waals surface area contributed by atoms with Crippen molar-refractivity contribution >= 4 is 38.8 Å². The first-order chi connectivity index (χ1) is 9.13. The summed E-state index contributed by atoms with van der Waals surface area (Å²) >= 11 is 8.60. The number of rotatable bonds is 3. The van der Waals surface area contributed by atoms with Gasteiger partial charge in [-0.3, -0.25) is 0 Å². The van der Waals surface area contributed by atoms with Gasteiger partial charge in [-0.25, -0.2) is 0 Å². The first-order valence-corrected chi connectivity index (χ1v) is 7.92. The molecule has 3 heterocycles. The molecule has 102 valence electrons. The molecule has 3 N–H and O–H groups in total. The van der Waals surface area contributed by atoms with Crippen LogP contribution in [0.1, 0.15) is 18.4 Å². The van der Waals surface area contributed by atoms with Gasteiger partial charge in [-0.15, -0.1) is 0 Å². The fraction of sp³-hybridized carbons (Fsp3) is 0.500. The van der Waals surface area contributed by atoms with Crippen LogP contribution in [0.15, 0.2) is 22.7 Å². The summed E-state index contributed by atoms with van der Waals surface area (Å²) in [4.78, 5) is 2.99. The lowest BCUT2D eigenvalue weighted by molar-refractivity contribution is 0.0975. The molecule has 3 fully saturated rings. The van der Waals surface area contributed by atoms with E-state index >= 15 is 0 Å². The minimum absolute atomic E-state index is 0.440. The molecule has 0 aromatic heterocycles. The molecule has 4 rings (SSSR count). The van der Waals surface area contributed by atoms with Crippen LogP contribution in [0, 0.1) is 5.92 Å². The molecule has 0 radical (unpaired) electrons. The van der Waals surface area contributed by atoms with Crippen molar-refractivity contribution in [2.45, 2.75) is 18.9 Å². The summed E-state index contributed by atoms with van der Waals surface area (Å²) in [5, 5.41) is 3.67. The largest absolute Gasteiger partial charge is 0.389 e. The van der Waals surface area contributed by atoms with E-state index in [9.17, 15) is 0 Å². The number of thiocarbonyl (C=S) groups is 1. The molecule has 1 atom stereocenters.